The van der Waals surface area contributed by atoms with Gasteiger partial charge in [-0.2, -0.15) is 0 Å². The first-order valence-corrected chi connectivity index (χ1v) is 4.87. The second-order valence-electron chi connectivity index (χ2n) is 3.06. The van der Waals surface area contributed by atoms with Crippen molar-refractivity contribution in [2.24, 2.45) is 0 Å². The molecule has 0 saturated heterocycles. The van der Waals surface area contributed by atoms with Gasteiger partial charge in [0.05, 0.1) is 6.20 Å². The van der Waals surface area contributed by atoms with Gasteiger partial charge in [-0.25, -0.2) is 4.98 Å². The summed E-state index contributed by atoms with van der Waals surface area (Å²) in [6.45, 7) is 5.61. The lowest BCUT2D eigenvalue weighted by molar-refractivity contribution is 0.101. The van der Waals surface area contributed by atoms with E-state index in [1.807, 2.05) is 18.2 Å². The molecular formula is C9H10N2OS. The molecule has 0 radical (unpaired) electrons. The largest absolute Gasteiger partial charge is 0.293 e. The Bertz CT molecular complexity index is 481. The molecule has 0 amide bonds. The molecule has 0 saturated carbocycles. The van der Waals surface area contributed by atoms with E-state index < -0.39 is 0 Å². The quantitative estimate of drug-likeness (QED) is 0.652. The van der Waals surface area contributed by atoms with E-state index in [4.69, 9.17) is 0 Å². The van der Waals surface area contributed by atoms with E-state index in [1.54, 1.807) is 24.5 Å². The zero-order valence-electron chi connectivity index (χ0n) is 7.79. The van der Waals surface area contributed by atoms with Crippen molar-refractivity contribution in [2.75, 3.05) is 0 Å². The minimum absolute atomic E-state index is 0.0633. The average molecular weight is 194 g/mol. The highest BCUT2D eigenvalue weighted by Gasteiger charge is 2.12. The van der Waals surface area contributed by atoms with Gasteiger partial charge in [0.1, 0.15) is 5.69 Å². The van der Waals surface area contributed by atoms with Crippen LogP contribution in [0.25, 0.3) is 4.96 Å². The third-order valence-corrected chi connectivity index (χ3v) is 3.25. The lowest BCUT2D eigenvalue weighted by Gasteiger charge is -1.95. The Balaban J connectivity index is 2.85. The number of nitrogens with zero attached hydrogens (tertiary/aromatic N) is 2. The van der Waals surface area contributed by atoms with Crippen LogP contribution in [-0.4, -0.2) is 15.2 Å². The molecule has 0 aliphatic heterocycles. The number of Topliss-reactive ketones (excluding diaryl/α,β-unsaturated/α-hetero) is 1. The summed E-state index contributed by atoms with van der Waals surface area (Å²) >= 11 is 1.62. The summed E-state index contributed by atoms with van der Waals surface area (Å²) in [5, 5.41) is 0. The number of rotatable bonds is 1. The van der Waals surface area contributed by atoms with Crippen molar-refractivity contribution in [2.45, 2.75) is 20.8 Å². The average Bonchev–Trinajstić information content (AvgIpc) is 2.55. The van der Waals surface area contributed by atoms with Crippen molar-refractivity contribution in [3.8, 4) is 0 Å². The standard InChI is InChI=1S/C9H10N2OS/c1-5-7(3)13-9-10-4-8(6(2)12)11(5)9/h4H,1-3H3. The summed E-state index contributed by atoms with van der Waals surface area (Å²) in [4.78, 5) is 17.5. The molecule has 0 bridgehead atoms. The number of imidazole rings is 1. The number of fused-ring (bicyclic) bond motifs is 1. The first kappa shape index (κ1) is 8.44. The van der Waals surface area contributed by atoms with Crippen molar-refractivity contribution < 1.29 is 4.79 Å². The molecule has 0 atom stereocenters. The fourth-order valence-electron chi connectivity index (χ4n) is 1.35. The Morgan fingerprint density at radius 2 is 2.23 bits per heavy atom. The van der Waals surface area contributed by atoms with Crippen LogP contribution < -0.4 is 0 Å². The maximum absolute atomic E-state index is 11.2. The van der Waals surface area contributed by atoms with E-state index in [0.717, 1.165) is 10.7 Å². The number of carbonyl (C=O) groups is 1. The fourth-order valence-corrected chi connectivity index (χ4v) is 2.29. The Morgan fingerprint density at radius 1 is 1.54 bits per heavy atom. The molecule has 0 fully saturated rings. The molecule has 4 heteroatoms. The van der Waals surface area contributed by atoms with Gasteiger partial charge in [-0.15, -0.1) is 11.3 Å². The number of thiazole rings is 1. The molecule has 2 aromatic rings. The number of ketones is 1. The van der Waals surface area contributed by atoms with Gasteiger partial charge in [-0.1, -0.05) is 0 Å². The van der Waals surface area contributed by atoms with Gasteiger partial charge in [0.15, 0.2) is 10.7 Å². The van der Waals surface area contributed by atoms with Gasteiger partial charge in [0, 0.05) is 17.5 Å². The molecular weight excluding hydrogens is 184 g/mol. The SMILES string of the molecule is CC(=O)c1cnc2sc(C)c(C)n12. The Labute approximate surface area is 80.0 Å². The lowest BCUT2D eigenvalue weighted by Crippen LogP contribution is -1.98. The van der Waals surface area contributed by atoms with Gasteiger partial charge in [0.2, 0.25) is 0 Å². The normalized spacial score (nSPS) is 11.0. The minimum Gasteiger partial charge on any atom is -0.293 e. The molecule has 2 rings (SSSR count). The first-order chi connectivity index (χ1) is 6.11. The van der Waals surface area contributed by atoms with Crippen LogP contribution in [0.4, 0.5) is 0 Å². The second kappa shape index (κ2) is 2.67. The van der Waals surface area contributed by atoms with Crippen LogP contribution in [0.3, 0.4) is 0 Å². The number of aromatic nitrogens is 2. The number of aryl methyl sites for hydroxylation is 2. The number of hydrogen-bond donors (Lipinski definition) is 0. The van der Waals surface area contributed by atoms with Crippen LogP contribution in [-0.2, 0) is 0 Å². The van der Waals surface area contributed by atoms with Gasteiger partial charge in [-0.3, -0.25) is 9.20 Å². The third kappa shape index (κ3) is 1.09. The molecule has 2 aromatic heterocycles. The first-order valence-electron chi connectivity index (χ1n) is 4.05. The predicted octanol–water partition coefficient (Wildman–Crippen LogP) is 2.22. The molecule has 0 spiro atoms. The summed E-state index contributed by atoms with van der Waals surface area (Å²) in [5.74, 6) is 0.0633. The smallest absolute Gasteiger partial charge is 0.194 e. The summed E-state index contributed by atoms with van der Waals surface area (Å²) < 4.78 is 1.92. The topological polar surface area (TPSA) is 34.4 Å². The summed E-state index contributed by atoms with van der Waals surface area (Å²) in [6.07, 6.45) is 1.64. The summed E-state index contributed by atoms with van der Waals surface area (Å²) in [6, 6.07) is 0. The summed E-state index contributed by atoms with van der Waals surface area (Å²) in [7, 11) is 0. The van der Waals surface area contributed by atoms with Crippen LogP contribution in [0.5, 0.6) is 0 Å². The van der Waals surface area contributed by atoms with Gasteiger partial charge in [-0.05, 0) is 13.8 Å². The Hall–Kier alpha value is -1.16. The van der Waals surface area contributed by atoms with Gasteiger partial charge in [0.25, 0.3) is 0 Å². The molecule has 3 nitrogen and oxygen atoms in total. The highest BCUT2D eigenvalue weighted by Crippen LogP contribution is 2.22. The monoisotopic (exact) mass is 194 g/mol. The molecule has 68 valence electrons. The van der Waals surface area contributed by atoms with Crippen molar-refractivity contribution >= 4 is 22.1 Å². The molecule has 0 unspecified atom stereocenters. The fraction of sp³-hybridized carbons (Fsp3) is 0.333. The predicted molar refractivity (Wildman–Crippen MR) is 52.5 cm³/mol. The van der Waals surface area contributed by atoms with Crippen molar-refractivity contribution in [1.82, 2.24) is 9.38 Å². The van der Waals surface area contributed by atoms with Crippen LogP contribution >= 0.6 is 11.3 Å². The van der Waals surface area contributed by atoms with Gasteiger partial charge >= 0.3 is 0 Å². The zero-order chi connectivity index (χ0) is 9.59. The van der Waals surface area contributed by atoms with Crippen LogP contribution in [0.2, 0.25) is 0 Å². The van der Waals surface area contributed by atoms with E-state index in [2.05, 4.69) is 4.98 Å². The highest BCUT2D eigenvalue weighted by atomic mass is 32.1. The highest BCUT2D eigenvalue weighted by molar-refractivity contribution is 7.17. The lowest BCUT2D eigenvalue weighted by atomic mass is 10.3. The molecule has 0 aliphatic rings. The van der Waals surface area contributed by atoms with Crippen molar-refractivity contribution in [3.63, 3.8) is 0 Å². The van der Waals surface area contributed by atoms with E-state index in [-0.39, 0.29) is 5.78 Å². The van der Waals surface area contributed by atoms with E-state index in [9.17, 15) is 4.79 Å². The van der Waals surface area contributed by atoms with E-state index >= 15 is 0 Å². The molecule has 0 aliphatic carbocycles. The maximum Gasteiger partial charge on any atom is 0.194 e. The van der Waals surface area contributed by atoms with Crippen LogP contribution in [0, 0.1) is 13.8 Å². The number of carbonyl (C=O) groups excluding carboxylic acids is 1. The van der Waals surface area contributed by atoms with Crippen LogP contribution in [0.15, 0.2) is 6.20 Å². The molecule has 0 aromatic carbocycles. The van der Waals surface area contributed by atoms with Gasteiger partial charge < -0.3 is 0 Å². The van der Waals surface area contributed by atoms with Crippen LogP contribution in [0.1, 0.15) is 28.0 Å². The maximum atomic E-state index is 11.2. The number of hydrogen-bond acceptors (Lipinski definition) is 3. The third-order valence-electron chi connectivity index (χ3n) is 2.18. The second-order valence-corrected chi connectivity index (χ2v) is 4.24. The molecule has 0 N–H and O–H groups in total. The molecule has 2 heterocycles. The van der Waals surface area contributed by atoms with E-state index in [0.29, 0.717) is 5.69 Å². The zero-order valence-corrected chi connectivity index (χ0v) is 8.60. The summed E-state index contributed by atoms with van der Waals surface area (Å²) in [5.41, 5.74) is 1.79. The van der Waals surface area contributed by atoms with E-state index in [1.165, 1.54) is 4.88 Å². The minimum atomic E-state index is 0.0633. The molecule has 13 heavy (non-hydrogen) atoms. The Kier molecular flexibility index (Phi) is 1.73. The van der Waals surface area contributed by atoms with Crippen molar-refractivity contribution in [3.05, 3.63) is 22.5 Å². The Morgan fingerprint density at radius 3 is 2.85 bits per heavy atom. The van der Waals surface area contributed by atoms with Crippen molar-refractivity contribution in [1.29, 1.82) is 0 Å².